The molecule has 1 saturated heterocycles. The molecule has 1 aliphatic rings. The van der Waals surface area contributed by atoms with Gasteiger partial charge >= 0.3 is 5.97 Å². The zero-order valence-electron chi connectivity index (χ0n) is 10.2. The Bertz CT molecular complexity index is 399. The Kier molecular flexibility index (Phi) is 3.38. The van der Waals surface area contributed by atoms with E-state index in [1.54, 1.807) is 12.1 Å². The molecular formula is C12H17NO4. The number of cyclic esters (lactones) is 1. The van der Waals surface area contributed by atoms with Gasteiger partial charge in [-0.2, -0.15) is 0 Å². The van der Waals surface area contributed by atoms with E-state index in [-0.39, 0.29) is 12.0 Å². The number of hydrogen-bond acceptors (Lipinski definition) is 5. The Hall–Kier alpha value is -1.49. The van der Waals surface area contributed by atoms with E-state index in [0.29, 0.717) is 24.2 Å². The second kappa shape index (κ2) is 4.79. The van der Waals surface area contributed by atoms with Gasteiger partial charge in [-0.1, -0.05) is 13.8 Å². The van der Waals surface area contributed by atoms with Crippen molar-refractivity contribution in [3.63, 3.8) is 0 Å². The molecule has 5 heteroatoms. The Morgan fingerprint density at radius 3 is 2.82 bits per heavy atom. The largest absolute Gasteiger partial charge is 0.468 e. The van der Waals surface area contributed by atoms with Crippen LogP contribution in [-0.2, 0) is 9.53 Å². The second-order valence-corrected chi connectivity index (χ2v) is 4.44. The van der Waals surface area contributed by atoms with E-state index in [2.05, 4.69) is 19.2 Å². The molecule has 1 aliphatic heterocycles. The average Bonchev–Trinajstić information content (AvgIpc) is 2.77. The number of morpholine rings is 1. The lowest BCUT2D eigenvalue weighted by atomic mass is 10.0. The third-order valence-corrected chi connectivity index (χ3v) is 2.91. The molecule has 1 aromatic rings. The topological polar surface area (TPSA) is 60.7 Å². The number of nitrogens with one attached hydrogen (secondary N) is 1. The fourth-order valence-electron chi connectivity index (χ4n) is 1.77. The SMILES string of the molecule is COc1ccc([C@@H]2N[C@@H](C(C)C)COC2=O)o1. The molecule has 94 valence electrons. The normalized spacial score (nSPS) is 24.8. The van der Waals surface area contributed by atoms with Crippen molar-refractivity contribution in [2.45, 2.75) is 25.9 Å². The van der Waals surface area contributed by atoms with Crippen LogP contribution < -0.4 is 10.1 Å². The lowest BCUT2D eigenvalue weighted by molar-refractivity contribution is -0.153. The van der Waals surface area contributed by atoms with E-state index in [4.69, 9.17) is 13.9 Å². The second-order valence-electron chi connectivity index (χ2n) is 4.44. The molecule has 1 N–H and O–H groups in total. The summed E-state index contributed by atoms with van der Waals surface area (Å²) in [6.45, 7) is 4.57. The molecule has 2 atom stereocenters. The maximum atomic E-state index is 11.7. The van der Waals surface area contributed by atoms with Crippen molar-refractivity contribution in [2.24, 2.45) is 5.92 Å². The first-order chi connectivity index (χ1) is 8.11. The third-order valence-electron chi connectivity index (χ3n) is 2.91. The molecule has 0 aromatic carbocycles. The van der Waals surface area contributed by atoms with Gasteiger partial charge in [0.2, 0.25) is 0 Å². The van der Waals surface area contributed by atoms with Gasteiger partial charge in [0.25, 0.3) is 5.95 Å². The van der Waals surface area contributed by atoms with Crippen LogP contribution in [0, 0.1) is 5.92 Å². The molecule has 0 spiro atoms. The summed E-state index contributed by atoms with van der Waals surface area (Å²) in [6, 6.07) is 3.01. The molecule has 1 fully saturated rings. The van der Waals surface area contributed by atoms with Crippen LogP contribution in [0.15, 0.2) is 16.5 Å². The first kappa shape index (κ1) is 12.0. The van der Waals surface area contributed by atoms with Gasteiger partial charge in [0.05, 0.1) is 7.11 Å². The monoisotopic (exact) mass is 239 g/mol. The highest BCUT2D eigenvalue weighted by Gasteiger charge is 2.34. The summed E-state index contributed by atoms with van der Waals surface area (Å²) in [4.78, 5) is 11.7. The molecule has 5 nitrogen and oxygen atoms in total. The van der Waals surface area contributed by atoms with Crippen molar-refractivity contribution in [3.8, 4) is 5.95 Å². The van der Waals surface area contributed by atoms with Crippen molar-refractivity contribution < 1.29 is 18.7 Å². The van der Waals surface area contributed by atoms with Crippen LogP contribution in [0.25, 0.3) is 0 Å². The van der Waals surface area contributed by atoms with Crippen LogP contribution >= 0.6 is 0 Å². The van der Waals surface area contributed by atoms with Gasteiger partial charge in [0.15, 0.2) is 6.04 Å². The smallest absolute Gasteiger partial charge is 0.331 e. The zero-order valence-corrected chi connectivity index (χ0v) is 10.2. The average molecular weight is 239 g/mol. The summed E-state index contributed by atoms with van der Waals surface area (Å²) >= 11 is 0. The molecule has 17 heavy (non-hydrogen) atoms. The van der Waals surface area contributed by atoms with E-state index in [1.165, 1.54) is 7.11 Å². The van der Waals surface area contributed by atoms with Crippen molar-refractivity contribution in [3.05, 3.63) is 17.9 Å². The Labute approximate surface area is 100 Å². The number of furan rings is 1. The number of carbonyl (C=O) groups excluding carboxylic acids is 1. The van der Waals surface area contributed by atoms with E-state index >= 15 is 0 Å². The summed E-state index contributed by atoms with van der Waals surface area (Å²) < 4.78 is 15.5. The van der Waals surface area contributed by atoms with Gasteiger partial charge in [-0.05, 0) is 12.0 Å². The zero-order chi connectivity index (χ0) is 12.4. The number of ether oxygens (including phenoxy) is 2. The van der Waals surface area contributed by atoms with Crippen molar-refractivity contribution in [1.29, 1.82) is 0 Å². The molecule has 1 aromatic heterocycles. The fraction of sp³-hybridized carbons (Fsp3) is 0.583. The summed E-state index contributed by atoms with van der Waals surface area (Å²) in [6.07, 6.45) is 0. The highest BCUT2D eigenvalue weighted by atomic mass is 16.6. The Balaban J connectivity index is 2.14. The molecule has 0 bridgehead atoms. The fourth-order valence-corrected chi connectivity index (χ4v) is 1.77. The summed E-state index contributed by atoms with van der Waals surface area (Å²) in [5, 5.41) is 3.23. The standard InChI is InChI=1S/C12H17NO4/c1-7(2)8-6-16-12(14)11(13-8)9-4-5-10(15-3)17-9/h4-5,7-8,11,13H,6H2,1-3H3/t8-,11+/m1/s1. The number of esters is 1. The van der Waals surface area contributed by atoms with Crippen molar-refractivity contribution >= 4 is 5.97 Å². The van der Waals surface area contributed by atoms with Crippen LogP contribution in [0.5, 0.6) is 5.95 Å². The highest BCUT2D eigenvalue weighted by molar-refractivity contribution is 5.77. The summed E-state index contributed by atoms with van der Waals surface area (Å²) in [5.74, 6) is 1.000. The molecule has 0 amide bonds. The minimum absolute atomic E-state index is 0.147. The summed E-state index contributed by atoms with van der Waals surface area (Å²) in [5.41, 5.74) is 0. The van der Waals surface area contributed by atoms with Gasteiger partial charge < -0.3 is 13.9 Å². The van der Waals surface area contributed by atoms with Gasteiger partial charge in [-0.15, -0.1) is 0 Å². The number of carbonyl (C=O) groups is 1. The minimum Gasteiger partial charge on any atom is -0.468 e. The van der Waals surface area contributed by atoms with Crippen LogP contribution in [0.4, 0.5) is 0 Å². The van der Waals surface area contributed by atoms with Gasteiger partial charge in [0.1, 0.15) is 12.4 Å². The minimum atomic E-state index is -0.542. The van der Waals surface area contributed by atoms with E-state index in [9.17, 15) is 4.79 Å². The molecular weight excluding hydrogens is 222 g/mol. The predicted molar refractivity (Wildman–Crippen MR) is 60.7 cm³/mol. The van der Waals surface area contributed by atoms with Gasteiger partial charge in [-0.3, -0.25) is 5.32 Å². The molecule has 0 aliphatic carbocycles. The lowest BCUT2D eigenvalue weighted by Gasteiger charge is -2.31. The molecule has 0 unspecified atom stereocenters. The Morgan fingerprint density at radius 2 is 2.24 bits per heavy atom. The predicted octanol–water partition coefficient (Wildman–Crippen LogP) is 1.50. The summed E-state index contributed by atoms with van der Waals surface area (Å²) in [7, 11) is 1.52. The third kappa shape index (κ3) is 2.44. The van der Waals surface area contributed by atoms with Gasteiger partial charge in [0, 0.05) is 12.1 Å². The highest BCUT2D eigenvalue weighted by Crippen LogP contribution is 2.26. The van der Waals surface area contributed by atoms with Crippen molar-refractivity contribution in [1.82, 2.24) is 5.32 Å². The van der Waals surface area contributed by atoms with E-state index in [0.717, 1.165) is 0 Å². The number of methoxy groups -OCH3 is 1. The van der Waals surface area contributed by atoms with Crippen LogP contribution in [0.2, 0.25) is 0 Å². The quantitative estimate of drug-likeness (QED) is 0.810. The van der Waals surface area contributed by atoms with E-state index < -0.39 is 6.04 Å². The Morgan fingerprint density at radius 1 is 1.47 bits per heavy atom. The molecule has 0 saturated carbocycles. The number of rotatable bonds is 3. The van der Waals surface area contributed by atoms with Crippen LogP contribution in [0.3, 0.4) is 0 Å². The van der Waals surface area contributed by atoms with Crippen LogP contribution in [0.1, 0.15) is 25.6 Å². The maximum Gasteiger partial charge on any atom is 0.331 e. The molecule has 2 rings (SSSR count). The maximum absolute atomic E-state index is 11.7. The lowest BCUT2D eigenvalue weighted by Crippen LogP contribution is -2.48. The first-order valence-electron chi connectivity index (χ1n) is 5.68. The van der Waals surface area contributed by atoms with Gasteiger partial charge in [-0.25, -0.2) is 4.79 Å². The number of hydrogen-bond donors (Lipinski definition) is 1. The van der Waals surface area contributed by atoms with E-state index in [1.807, 2.05) is 0 Å². The molecule has 0 radical (unpaired) electrons. The first-order valence-corrected chi connectivity index (χ1v) is 5.68. The van der Waals surface area contributed by atoms with Crippen LogP contribution in [-0.4, -0.2) is 25.7 Å². The molecule has 2 heterocycles. The van der Waals surface area contributed by atoms with Crippen molar-refractivity contribution in [2.75, 3.05) is 13.7 Å².